The van der Waals surface area contributed by atoms with Crippen LogP contribution in [0.3, 0.4) is 0 Å². The van der Waals surface area contributed by atoms with Crippen molar-refractivity contribution in [3.05, 3.63) is 0 Å². The van der Waals surface area contributed by atoms with E-state index >= 15 is 0 Å². The fourth-order valence-corrected chi connectivity index (χ4v) is 2.26. The zero-order valence-corrected chi connectivity index (χ0v) is 8.95. The first-order chi connectivity index (χ1) is 6.33. The van der Waals surface area contributed by atoms with Crippen molar-refractivity contribution in [2.75, 3.05) is 24.6 Å². The number of rotatable bonds is 4. The average molecular weight is 202 g/mol. The smallest absolute Gasteiger partial charge is 0.221 e. The maximum atomic E-state index is 11.3. The Labute approximate surface area is 84.0 Å². The van der Waals surface area contributed by atoms with Crippen LogP contribution >= 0.6 is 11.8 Å². The molecule has 3 nitrogen and oxygen atoms in total. The molecule has 0 bridgehead atoms. The van der Waals surface area contributed by atoms with Crippen molar-refractivity contribution < 1.29 is 4.79 Å². The van der Waals surface area contributed by atoms with Crippen molar-refractivity contribution >= 4 is 17.7 Å². The fourth-order valence-electron chi connectivity index (χ4n) is 1.31. The zero-order valence-electron chi connectivity index (χ0n) is 8.14. The van der Waals surface area contributed by atoms with E-state index < -0.39 is 0 Å². The van der Waals surface area contributed by atoms with Gasteiger partial charge < -0.3 is 10.6 Å². The summed E-state index contributed by atoms with van der Waals surface area (Å²) in [7, 11) is 0. The van der Waals surface area contributed by atoms with E-state index in [2.05, 4.69) is 17.6 Å². The number of hydrogen-bond donors (Lipinski definition) is 2. The third-order valence-corrected chi connectivity index (χ3v) is 3.13. The van der Waals surface area contributed by atoms with Crippen LogP contribution in [0.1, 0.15) is 19.8 Å². The SMILES string of the molecule is CCCNC(=O)CC1CSCCN1. The van der Waals surface area contributed by atoms with Crippen LogP contribution < -0.4 is 10.6 Å². The topological polar surface area (TPSA) is 41.1 Å². The number of carbonyl (C=O) groups excluding carboxylic acids is 1. The molecule has 4 heteroatoms. The first kappa shape index (κ1) is 10.9. The van der Waals surface area contributed by atoms with E-state index in [1.165, 1.54) is 5.75 Å². The second-order valence-corrected chi connectivity index (χ2v) is 4.43. The quantitative estimate of drug-likeness (QED) is 0.702. The molecule has 1 heterocycles. The van der Waals surface area contributed by atoms with E-state index in [1.807, 2.05) is 11.8 Å². The number of nitrogens with one attached hydrogen (secondary N) is 2. The molecular formula is C9H18N2OS. The lowest BCUT2D eigenvalue weighted by atomic mass is 10.2. The van der Waals surface area contributed by atoms with E-state index in [9.17, 15) is 4.79 Å². The van der Waals surface area contributed by atoms with Crippen LogP contribution in [0.15, 0.2) is 0 Å². The number of carbonyl (C=O) groups is 1. The lowest BCUT2D eigenvalue weighted by Crippen LogP contribution is -2.41. The van der Waals surface area contributed by atoms with Crippen molar-refractivity contribution in [2.45, 2.75) is 25.8 Å². The van der Waals surface area contributed by atoms with Crippen molar-refractivity contribution in [2.24, 2.45) is 0 Å². The van der Waals surface area contributed by atoms with Crippen LogP contribution in [0.25, 0.3) is 0 Å². The minimum atomic E-state index is 0.182. The molecule has 1 rings (SSSR count). The Morgan fingerprint density at radius 3 is 3.15 bits per heavy atom. The van der Waals surface area contributed by atoms with Gasteiger partial charge in [-0.3, -0.25) is 4.79 Å². The molecule has 1 atom stereocenters. The highest BCUT2D eigenvalue weighted by molar-refractivity contribution is 7.99. The summed E-state index contributed by atoms with van der Waals surface area (Å²) in [6.45, 7) is 3.91. The Bertz CT molecular complexity index is 158. The van der Waals surface area contributed by atoms with Gasteiger partial charge in [0.1, 0.15) is 0 Å². The van der Waals surface area contributed by atoms with Crippen molar-refractivity contribution in [3.8, 4) is 0 Å². The van der Waals surface area contributed by atoms with Gasteiger partial charge in [0.05, 0.1) is 0 Å². The van der Waals surface area contributed by atoms with Crippen LogP contribution in [-0.4, -0.2) is 36.5 Å². The Balaban J connectivity index is 2.11. The molecule has 0 aromatic heterocycles. The second-order valence-electron chi connectivity index (χ2n) is 3.28. The third-order valence-electron chi connectivity index (χ3n) is 2.00. The highest BCUT2D eigenvalue weighted by Crippen LogP contribution is 2.09. The van der Waals surface area contributed by atoms with Gasteiger partial charge in [0, 0.05) is 37.1 Å². The van der Waals surface area contributed by atoms with Gasteiger partial charge in [-0.25, -0.2) is 0 Å². The standard InChI is InChI=1S/C9H18N2OS/c1-2-3-11-9(12)6-8-7-13-5-4-10-8/h8,10H,2-7H2,1H3,(H,11,12). The minimum Gasteiger partial charge on any atom is -0.356 e. The summed E-state index contributed by atoms with van der Waals surface area (Å²) in [6.07, 6.45) is 1.64. The van der Waals surface area contributed by atoms with Crippen molar-refractivity contribution in [3.63, 3.8) is 0 Å². The third kappa shape index (κ3) is 4.52. The fraction of sp³-hybridized carbons (Fsp3) is 0.889. The highest BCUT2D eigenvalue weighted by Gasteiger charge is 2.15. The molecule has 1 amide bonds. The molecule has 2 N–H and O–H groups in total. The predicted molar refractivity (Wildman–Crippen MR) is 57.0 cm³/mol. The van der Waals surface area contributed by atoms with Crippen molar-refractivity contribution in [1.29, 1.82) is 0 Å². The maximum absolute atomic E-state index is 11.3. The molecule has 1 saturated heterocycles. The van der Waals surface area contributed by atoms with Gasteiger partial charge in [-0.05, 0) is 6.42 Å². The van der Waals surface area contributed by atoms with Crippen LogP contribution in [0.4, 0.5) is 0 Å². The Kier molecular flexibility index (Phi) is 5.23. The summed E-state index contributed by atoms with van der Waals surface area (Å²) < 4.78 is 0. The van der Waals surface area contributed by atoms with Gasteiger partial charge in [-0.2, -0.15) is 11.8 Å². The molecule has 0 aromatic rings. The number of thioether (sulfide) groups is 1. The predicted octanol–water partition coefficient (Wildman–Crippen LogP) is 0.608. The second kappa shape index (κ2) is 6.27. The summed E-state index contributed by atoms with van der Waals surface area (Å²) in [4.78, 5) is 11.3. The zero-order chi connectivity index (χ0) is 9.52. The van der Waals surface area contributed by atoms with Crippen LogP contribution in [0.5, 0.6) is 0 Å². The highest BCUT2D eigenvalue weighted by atomic mass is 32.2. The molecule has 76 valence electrons. The van der Waals surface area contributed by atoms with E-state index in [1.54, 1.807) is 0 Å². The van der Waals surface area contributed by atoms with Crippen molar-refractivity contribution in [1.82, 2.24) is 10.6 Å². The van der Waals surface area contributed by atoms with Crippen LogP contribution in [-0.2, 0) is 4.79 Å². The van der Waals surface area contributed by atoms with E-state index in [0.29, 0.717) is 12.5 Å². The monoisotopic (exact) mass is 202 g/mol. The van der Waals surface area contributed by atoms with E-state index in [4.69, 9.17) is 0 Å². The average Bonchev–Trinajstić information content (AvgIpc) is 2.16. The number of hydrogen-bond acceptors (Lipinski definition) is 3. The molecule has 1 unspecified atom stereocenters. The van der Waals surface area contributed by atoms with Gasteiger partial charge in [0.2, 0.25) is 5.91 Å². The van der Waals surface area contributed by atoms with Gasteiger partial charge in [0.25, 0.3) is 0 Å². The number of amides is 1. The molecule has 1 aliphatic rings. The summed E-state index contributed by atoms with van der Waals surface area (Å²) in [5, 5.41) is 6.24. The summed E-state index contributed by atoms with van der Waals surface area (Å²) >= 11 is 1.93. The van der Waals surface area contributed by atoms with Gasteiger partial charge in [0.15, 0.2) is 0 Å². The van der Waals surface area contributed by atoms with Gasteiger partial charge in [-0.1, -0.05) is 6.92 Å². The van der Waals surface area contributed by atoms with E-state index in [-0.39, 0.29) is 5.91 Å². The lowest BCUT2D eigenvalue weighted by Gasteiger charge is -2.22. The van der Waals surface area contributed by atoms with Crippen LogP contribution in [0, 0.1) is 0 Å². The summed E-state index contributed by atoms with van der Waals surface area (Å²) in [5.41, 5.74) is 0. The molecule has 0 saturated carbocycles. The Morgan fingerprint density at radius 1 is 1.69 bits per heavy atom. The molecule has 0 aromatic carbocycles. The molecule has 0 spiro atoms. The molecule has 0 radical (unpaired) electrons. The summed E-state index contributed by atoms with van der Waals surface area (Å²) in [6, 6.07) is 0.385. The first-order valence-corrected chi connectivity index (χ1v) is 6.06. The Morgan fingerprint density at radius 2 is 2.54 bits per heavy atom. The largest absolute Gasteiger partial charge is 0.356 e. The maximum Gasteiger partial charge on any atom is 0.221 e. The van der Waals surface area contributed by atoms with Gasteiger partial charge in [-0.15, -0.1) is 0 Å². The van der Waals surface area contributed by atoms with E-state index in [0.717, 1.165) is 25.3 Å². The molecule has 0 aliphatic carbocycles. The normalized spacial score (nSPS) is 22.7. The van der Waals surface area contributed by atoms with Gasteiger partial charge >= 0.3 is 0 Å². The minimum absolute atomic E-state index is 0.182. The molecular weight excluding hydrogens is 184 g/mol. The molecule has 13 heavy (non-hydrogen) atoms. The molecule has 1 fully saturated rings. The van der Waals surface area contributed by atoms with Crippen LogP contribution in [0.2, 0.25) is 0 Å². The molecule has 1 aliphatic heterocycles. The summed E-state index contributed by atoms with van der Waals surface area (Å²) in [5.74, 6) is 2.42. The Hall–Kier alpha value is -0.220. The lowest BCUT2D eigenvalue weighted by molar-refractivity contribution is -0.121. The first-order valence-electron chi connectivity index (χ1n) is 4.90.